The van der Waals surface area contributed by atoms with Gasteiger partial charge in [-0.15, -0.1) is 0 Å². The minimum Gasteiger partial charge on any atom is -0.339 e. The number of piperazine rings is 1. The molecule has 0 atom stereocenters. The van der Waals surface area contributed by atoms with Crippen molar-refractivity contribution in [2.45, 2.75) is 25.8 Å². The van der Waals surface area contributed by atoms with Crippen LogP contribution in [-0.2, 0) is 23.0 Å². The number of hydrogen-bond acceptors (Lipinski definition) is 4. The number of piperidine rings is 1. The minimum absolute atomic E-state index is 0.122. The molecule has 1 amide bonds. The van der Waals surface area contributed by atoms with Gasteiger partial charge in [0.05, 0.1) is 6.26 Å². The van der Waals surface area contributed by atoms with E-state index in [0.29, 0.717) is 19.0 Å². The van der Waals surface area contributed by atoms with E-state index in [0.717, 1.165) is 63.1 Å². The quantitative estimate of drug-likeness (QED) is 0.672. The first-order chi connectivity index (χ1) is 15.4. The number of hydrogen-bond donors (Lipinski definition) is 0. The molecule has 0 N–H and O–H groups in total. The third kappa shape index (κ3) is 5.97. The Kier molecular flexibility index (Phi) is 7.28. The lowest BCUT2D eigenvalue weighted by atomic mass is 9.90. The zero-order chi connectivity index (χ0) is 22.6. The second kappa shape index (κ2) is 10.1. The SMILES string of the molecule is CS(=O)(=O)N1CCN(Cc2ccc(C(=O)N3CCC(Cc4ccccc4)CC3)cc2)CC1. The molecule has 4 rings (SSSR count). The second-order valence-corrected chi connectivity index (χ2v) is 11.0. The van der Waals surface area contributed by atoms with E-state index in [4.69, 9.17) is 0 Å². The Labute approximate surface area is 191 Å². The van der Waals surface area contributed by atoms with Crippen LogP contribution >= 0.6 is 0 Å². The highest BCUT2D eigenvalue weighted by atomic mass is 32.2. The first-order valence-corrected chi connectivity index (χ1v) is 13.3. The maximum Gasteiger partial charge on any atom is 0.253 e. The molecule has 2 aromatic rings. The largest absolute Gasteiger partial charge is 0.339 e. The number of nitrogens with zero attached hydrogens (tertiary/aromatic N) is 3. The van der Waals surface area contributed by atoms with E-state index in [1.807, 2.05) is 29.2 Å². The molecule has 0 aromatic heterocycles. The van der Waals surface area contributed by atoms with Gasteiger partial charge in [0.25, 0.3) is 5.91 Å². The molecule has 6 nitrogen and oxygen atoms in total. The third-order valence-electron chi connectivity index (χ3n) is 6.68. The van der Waals surface area contributed by atoms with Crippen LogP contribution in [0.3, 0.4) is 0 Å². The highest BCUT2D eigenvalue weighted by Crippen LogP contribution is 2.23. The molecule has 32 heavy (non-hydrogen) atoms. The average Bonchev–Trinajstić information content (AvgIpc) is 2.80. The number of amides is 1. The molecule has 2 heterocycles. The maximum absolute atomic E-state index is 12.9. The Bertz CT molecular complexity index is 992. The van der Waals surface area contributed by atoms with Crippen molar-refractivity contribution in [2.24, 2.45) is 5.92 Å². The molecule has 2 aromatic carbocycles. The standard InChI is InChI=1S/C25H33N3O3S/c1-32(30,31)28-17-15-26(16-18-28)20-23-7-9-24(10-8-23)25(29)27-13-11-22(12-14-27)19-21-5-3-2-4-6-21/h2-10,22H,11-20H2,1H3. The van der Waals surface area contributed by atoms with Gasteiger partial charge < -0.3 is 4.90 Å². The maximum atomic E-state index is 12.9. The Hall–Kier alpha value is -2.22. The first kappa shape index (κ1) is 23.0. The van der Waals surface area contributed by atoms with Gasteiger partial charge >= 0.3 is 0 Å². The zero-order valence-electron chi connectivity index (χ0n) is 18.8. The highest BCUT2D eigenvalue weighted by molar-refractivity contribution is 7.88. The smallest absolute Gasteiger partial charge is 0.253 e. The summed E-state index contributed by atoms with van der Waals surface area (Å²) in [5.41, 5.74) is 3.28. The predicted molar refractivity (Wildman–Crippen MR) is 127 cm³/mol. The average molecular weight is 456 g/mol. The van der Waals surface area contributed by atoms with Crippen molar-refractivity contribution in [1.82, 2.24) is 14.1 Å². The van der Waals surface area contributed by atoms with Crippen LogP contribution in [-0.4, -0.2) is 74.0 Å². The van der Waals surface area contributed by atoms with Crippen LogP contribution in [0.4, 0.5) is 0 Å². The number of sulfonamides is 1. The van der Waals surface area contributed by atoms with Crippen LogP contribution in [0, 0.1) is 5.92 Å². The summed E-state index contributed by atoms with van der Waals surface area (Å²) in [6.07, 6.45) is 4.47. The highest BCUT2D eigenvalue weighted by Gasteiger charge is 2.25. The summed E-state index contributed by atoms with van der Waals surface area (Å²) in [7, 11) is -3.10. The Balaban J connectivity index is 1.25. The van der Waals surface area contributed by atoms with E-state index in [2.05, 4.69) is 35.2 Å². The lowest BCUT2D eigenvalue weighted by Gasteiger charge is -2.33. The molecule has 0 unspecified atom stereocenters. The fourth-order valence-corrected chi connectivity index (χ4v) is 5.53. The molecule has 0 bridgehead atoms. The van der Waals surface area contributed by atoms with Gasteiger partial charge in [0, 0.05) is 51.4 Å². The van der Waals surface area contributed by atoms with Crippen molar-refractivity contribution in [3.63, 3.8) is 0 Å². The lowest BCUT2D eigenvalue weighted by Crippen LogP contribution is -2.47. The molecular formula is C25H33N3O3S. The summed E-state index contributed by atoms with van der Waals surface area (Å²) < 4.78 is 24.8. The van der Waals surface area contributed by atoms with Gasteiger partial charge in [-0.3, -0.25) is 9.69 Å². The van der Waals surface area contributed by atoms with Crippen LogP contribution in [0.5, 0.6) is 0 Å². The van der Waals surface area contributed by atoms with Crippen molar-refractivity contribution in [3.05, 3.63) is 71.3 Å². The monoisotopic (exact) mass is 455 g/mol. The van der Waals surface area contributed by atoms with Crippen molar-refractivity contribution < 1.29 is 13.2 Å². The molecule has 2 aliphatic rings. The number of carbonyl (C=O) groups is 1. The molecule has 2 fully saturated rings. The van der Waals surface area contributed by atoms with E-state index in [-0.39, 0.29) is 5.91 Å². The molecule has 0 aliphatic carbocycles. The van der Waals surface area contributed by atoms with Crippen LogP contribution in [0.25, 0.3) is 0 Å². The van der Waals surface area contributed by atoms with Crippen LogP contribution in [0.1, 0.15) is 34.3 Å². The predicted octanol–water partition coefficient (Wildman–Crippen LogP) is 2.86. The first-order valence-electron chi connectivity index (χ1n) is 11.5. The Morgan fingerprint density at radius 2 is 1.47 bits per heavy atom. The number of carbonyl (C=O) groups excluding carboxylic acids is 1. The van der Waals surface area contributed by atoms with Crippen LogP contribution in [0.2, 0.25) is 0 Å². The van der Waals surface area contributed by atoms with Gasteiger partial charge in [-0.05, 0) is 48.4 Å². The number of benzene rings is 2. The van der Waals surface area contributed by atoms with Crippen LogP contribution < -0.4 is 0 Å². The summed E-state index contributed by atoms with van der Waals surface area (Å²) in [5.74, 6) is 0.767. The Morgan fingerprint density at radius 1 is 0.844 bits per heavy atom. The fraction of sp³-hybridized carbons (Fsp3) is 0.480. The van der Waals surface area contributed by atoms with Gasteiger partial charge in [0.15, 0.2) is 0 Å². The van der Waals surface area contributed by atoms with E-state index < -0.39 is 10.0 Å². The van der Waals surface area contributed by atoms with Gasteiger partial charge in [-0.2, -0.15) is 4.31 Å². The van der Waals surface area contributed by atoms with E-state index in [1.54, 1.807) is 0 Å². The van der Waals surface area contributed by atoms with Crippen molar-refractivity contribution in [3.8, 4) is 0 Å². The van der Waals surface area contributed by atoms with Crippen molar-refractivity contribution >= 4 is 15.9 Å². The summed E-state index contributed by atoms with van der Waals surface area (Å²) in [5, 5.41) is 0. The molecule has 2 aliphatic heterocycles. The van der Waals surface area contributed by atoms with Crippen molar-refractivity contribution in [1.29, 1.82) is 0 Å². The van der Waals surface area contributed by atoms with Gasteiger partial charge in [0.2, 0.25) is 10.0 Å². The zero-order valence-corrected chi connectivity index (χ0v) is 19.6. The molecule has 0 radical (unpaired) electrons. The molecule has 2 saturated heterocycles. The minimum atomic E-state index is -3.10. The molecule has 7 heteroatoms. The topological polar surface area (TPSA) is 60.9 Å². The summed E-state index contributed by atoms with van der Waals surface area (Å²) in [4.78, 5) is 17.2. The van der Waals surface area contributed by atoms with Gasteiger partial charge in [-0.1, -0.05) is 42.5 Å². The summed E-state index contributed by atoms with van der Waals surface area (Å²) >= 11 is 0. The fourth-order valence-electron chi connectivity index (χ4n) is 4.70. The van der Waals surface area contributed by atoms with E-state index >= 15 is 0 Å². The normalized spacial score (nSPS) is 19.2. The van der Waals surface area contributed by atoms with E-state index in [9.17, 15) is 13.2 Å². The second-order valence-electron chi connectivity index (χ2n) is 9.06. The number of likely N-dealkylation sites (tertiary alicyclic amines) is 1. The van der Waals surface area contributed by atoms with Crippen LogP contribution in [0.15, 0.2) is 54.6 Å². The molecular weight excluding hydrogens is 422 g/mol. The lowest BCUT2D eigenvalue weighted by molar-refractivity contribution is 0.0690. The third-order valence-corrected chi connectivity index (χ3v) is 7.98. The summed E-state index contributed by atoms with van der Waals surface area (Å²) in [6.45, 7) is 4.95. The summed E-state index contributed by atoms with van der Waals surface area (Å²) in [6, 6.07) is 18.5. The van der Waals surface area contributed by atoms with Crippen molar-refractivity contribution in [2.75, 3.05) is 45.5 Å². The molecule has 0 saturated carbocycles. The number of rotatable bonds is 6. The molecule has 0 spiro atoms. The molecule has 172 valence electrons. The van der Waals surface area contributed by atoms with Gasteiger partial charge in [0.1, 0.15) is 0 Å². The Morgan fingerprint density at radius 3 is 2.06 bits per heavy atom. The van der Waals surface area contributed by atoms with Gasteiger partial charge in [-0.25, -0.2) is 8.42 Å². The van der Waals surface area contributed by atoms with E-state index in [1.165, 1.54) is 16.1 Å².